The van der Waals surface area contributed by atoms with Gasteiger partial charge in [0.05, 0.1) is 5.92 Å². The molecule has 2 unspecified atom stereocenters. The molecule has 19 heavy (non-hydrogen) atoms. The summed E-state index contributed by atoms with van der Waals surface area (Å²) in [6.07, 6.45) is 2.83. The van der Waals surface area contributed by atoms with Crippen LogP contribution in [0.25, 0.3) is 0 Å². The van der Waals surface area contributed by atoms with Gasteiger partial charge in [-0.15, -0.1) is 0 Å². The first-order chi connectivity index (χ1) is 9.13. The van der Waals surface area contributed by atoms with Gasteiger partial charge in [-0.05, 0) is 43.9 Å². The van der Waals surface area contributed by atoms with Crippen LogP contribution in [-0.2, 0) is 4.79 Å². The number of aliphatic carboxylic acids is 1. The van der Waals surface area contributed by atoms with Gasteiger partial charge in [0.25, 0.3) is 0 Å². The smallest absolute Gasteiger partial charge is 0.307 e. The minimum absolute atomic E-state index is 0.202. The number of carboxylic acid groups (broad SMARTS) is 1. The summed E-state index contributed by atoms with van der Waals surface area (Å²) in [6.45, 7) is 6.01. The summed E-state index contributed by atoms with van der Waals surface area (Å²) in [5.74, 6) is -0.851. The highest BCUT2D eigenvalue weighted by Gasteiger charge is 2.29. The number of aryl methyl sites for hydroxylation is 1. The number of carbonyl (C=O) groups is 1. The van der Waals surface area contributed by atoms with Crippen molar-refractivity contribution in [1.29, 1.82) is 0 Å². The van der Waals surface area contributed by atoms with Gasteiger partial charge in [-0.25, -0.2) is 0 Å². The van der Waals surface area contributed by atoms with Gasteiger partial charge < -0.3 is 5.11 Å². The average Bonchev–Trinajstić information content (AvgIpc) is 2.42. The molecular weight excluding hydrogens is 238 g/mol. The lowest BCUT2D eigenvalue weighted by Crippen LogP contribution is -2.40. The van der Waals surface area contributed by atoms with E-state index >= 15 is 0 Å². The normalized spacial score (nSPS) is 22.1. The topological polar surface area (TPSA) is 40.5 Å². The SMILES string of the molecule is CCC(c1ccccc1C)N1CCCC(C(=O)O)C1. The van der Waals surface area contributed by atoms with Gasteiger partial charge in [0.1, 0.15) is 0 Å². The van der Waals surface area contributed by atoms with Crippen LogP contribution in [-0.4, -0.2) is 29.1 Å². The number of benzene rings is 1. The number of carboxylic acids is 1. The number of hydrogen-bond donors (Lipinski definition) is 1. The van der Waals surface area contributed by atoms with Crippen LogP contribution in [0.4, 0.5) is 0 Å². The summed E-state index contributed by atoms with van der Waals surface area (Å²) in [5.41, 5.74) is 2.64. The highest BCUT2D eigenvalue weighted by Crippen LogP contribution is 2.31. The van der Waals surface area contributed by atoms with Gasteiger partial charge in [0.15, 0.2) is 0 Å². The molecule has 1 fully saturated rings. The molecule has 1 saturated heterocycles. The van der Waals surface area contributed by atoms with E-state index in [1.807, 2.05) is 0 Å². The fourth-order valence-corrected chi connectivity index (χ4v) is 3.13. The van der Waals surface area contributed by atoms with Gasteiger partial charge >= 0.3 is 5.97 Å². The van der Waals surface area contributed by atoms with Crippen molar-refractivity contribution in [2.45, 2.75) is 39.2 Å². The Bertz CT molecular complexity index is 444. The second-order valence-corrected chi connectivity index (χ2v) is 5.45. The van der Waals surface area contributed by atoms with E-state index < -0.39 is 5.97 Å². The van der Waals surface area contributed by atoms with E-state index in [1.165, 1.54) is 11.1 Å². The Kier molecular flexibility index (Phi) is 4.59. The summed E-state index contributed by atoms with van der Waals surface area (Å²) >= 11 is 0. The molecule has 0 aromatic heterocycles. The molecule has 1 aromatic rings. The zero-order chi connectivity index (χ0) is 13.8. The molecule has 0 spiro atoms. The van der Waals surface area contributed by atoms with Gasteiger partial charge in [0, 0.05) is 12.6 Å². The first-order valence-electron chi connectivity index (χ1n) is 7.15. The van der Waals surface area contributed by atoms with E-state index in [0.29, 0.717) is 12.6 Å². The van der Waals surface area contributed by atoms with E-state index in [-0.39, 0.29) is 5.92 Å². The molecule has 0 aliphatic carbocycles. The van der Waals surface area contributed by atoms with E-state index in [1.54, 1.807) is 0 Å². The number of likely N-dealkylation sites (tertiary alicyclic amines) is 1. The van der Waals surface area contributed by atoms with Gasteiger partial charge in [-0.1, -0.05) is 31.2 Å². The highest BCUT2D eigenvalue weighted by atomic mass is 16.4. The van der Waals surface area contributed by atoms with Crippen LogP contribution in [0.15, 0.2) is 24.3 Å². The monoisotopic (exact) mass is 261 g/mol. The molecule has 1 aliphatic heterocycles. The Hall–Kier alpha value is -1.35. The van der Waals surface area contributed by atoms with Crippen molar-refractivity contribution >= 4 is 5.97 Å². The van der Waals surface area contributed by atoms with Crippen molar-refractivity contribution in [3.8, 4) is 0 Å². The molecule has 0 amide bonds. The third-order valence-corrected chi connectivity index (χ3v) is 4.18. The first kappa shape index (κ1) is 14.1. The Morgan fingerprint density at radius 3 is 2.84 bits per heavy atom. The van der Waals surface area contributed by atoms with Crippen molar-refractivity contribution in [3.63, 3.8) is 0 Å². The molecule has 0 radical (unpaired) electrons. The predicted octanol–water partition coefficient (Wildman–Crippen LogP) is 3.24. The molecule has 1 aliphatic rings. The van der Waals surface area contributed by atoms with Gasteiger partial charge in [-0.3, -0.25) is 9.69 Å². The number of hydrogen-bond acceptors (Lipinski definition) is 2. The first-order valence-corrected chi connectivity index (χ1v) is 7.15. The number of rotatable bonds is 4. The van der Waals surface area contributed by atoms with E-state index in [2.05, 4.69) is 43.0 Å². The fourth-order valence-electron chi connectivity index (χ4n) is 3.13. The molecule has 3 nitrogen and oxygen atoms in total. The summed E-state index contributed by atoms with van der Waals surface area (Å²) in [5, 5.41) is 9.21. The van der Waals surface area contributed by atoms with E-state index in [9.17, 15) is 9.90 Å². The standard InChI is InChI=1S/C16H23NO2/c1-3-15(14-9-5-4-7-12(14)2)17-10-6-8-13(11-17)16(18)19/h4-5,7,9,13,15H,3,6,8,10-11H2,1-2H3,(H,18,19). The van der Waals surface area contributed by atoms with Crippen LogP contribution >= 0.6 is 0 Å². The maximum Gasteiger partial charge on any atom is 0.307 e. The Labute approximate surface area is 115 Å². The van der Waals surface area contributed by atoms with Gasteiger partial charge in [-0.2, -0.15) is 0 Å². The molecule has 0 saturated carbocycles. The Balaban J connectivity index is 2.18. The third kappa shape index (κ3) is 3.16. The van der Waals surface area contributed by atoms with E-state index in [4.69, 9.17) is 0 Å². The molecule has 1 heterocycles. The lowest BCUT2D eigenvalue weighted by molar-refractivity contribution is -0.144. The molecule has 0 bridgehead atoms. The lowest BCUT2D eigenvalue weighted by atomic mass is 9.92. The van der Waals surface area contributed by atoms with Crippen LogP contribution in [0.2, 0.25) is 0 Å². The number of piperidine rings is 1. The van der Waals surface area contributed by atoms with Crippen LogP contribution < -0.4 is 0 Å². The Morgan fingerprint density at radius 1 is 1.47 bits per heavy atom. The maximum atomic E-state index is 11.2. The van der Waals surface area contributed by atoms with Crippen LogP contribution in [0.3, 0.4) is 0 Å². The maximum absolute atomic E-state index is 11.2. The lowest BCUT2D eigenvalue weighted by Gasteiger charge is -2.37. The summed E-state index contributed by atoms with van der Waals surface area (Å²) in [7, 11) is 0. The minimum atomic E-state index is -0.649. The third-order valence-electron chi connectivity index (χ3n) is 4.18. The van der Waals surface area contributed by atoms with E-state index in [0.717, 1.165) is 25.8 Å². The van der Waals surface area contributed by atoms with Crippen LogP contribution in [0.5, 0.6) is 0 Å². The predicted molar refractivity (Wildman–Crippen MR) is 76.1 cm³/mol. The van der Waals surface area contributed by atoms with Crippen molar-refractivity contribution < 1.29 is 9.90 Å². The average molecular weight is 261 g/mol. The van der Waals surface area contributed by atoms with Crippen LogP contribution in [0, 0.1) is 12.8 Å². The summed E-state index contributed by atoms with van der Waals surface area (Å²) in [6, 6.07) is 8.79. The second-order valence-electron chi connectivity index (χ2n) is 5.45. The zero-order valence-electron chi connectivity index (χ0n) is 11.8. The molecule has 2 rings (SSSR count). The van der Waals surface area contributed by atoms with Crippen molar-refractivity contribution in [2.24, 2.45) is 5.92 Å². The van der Waals surface area contributed by atoms with Crippen molar-refractivity contribution in [3.05, 3.63) is 35.4 Å². The quantitative estimate of drug-likeness (QED) is 0.904. The molecule has 3 heteroatoms. The van der Waals surface area contributed by atoms with Crippen LogP contribution in [0.1, 0.15) is 43.4 Å². The van der Waals surface area contributed by atoms with Crippen molar-refractivity contribution in [1.82, 2.24) is 4.90 Å². The molecule has 1 aromatic carbocycles. The molecule has 2 atom stereocenters. The number of nitrogens with zero attached hydrogens (tertiary/aromatic N) is 1. The summed E-state index contributed by atoms with van der Waals surface area (Å²) < 4.78 is 0. The van der Waals surface area contributed by atoms with Gasteiger partial charge in [0.2, 0.25) is 0 Å². The van der Waals surface area contributed by atoms with Crippen molar-refractivity contribution in [2.75, 3.05) is 13.1 Å². The zero-order valence-corrected chi connectivity index (χ0v) is 11.8. The highest BCUT2D eigenvalue weighted by molar-refractivity contribution is 5.70. The second kappa shape index (κ2) is 6.20. The fraction of sp³-hybridized carbons (Fsp3) is 0.562. The molecule has 104 valence electrons. The largest absolute Gasteiger partial charge is 0.481 e. The summed E-state index contributed by atoms with van der Waals surface area (Å²) in [4.78, 5) is 13.5. The molecule has 1 N–H and O–H groups in total. The Morgan fingerprint density at radius 2 is 2.21 bits per heavy atom. The minimum Gasteiger partial charge on any atom is -0.481 e. The molecular formula is C16H23NO2.